The van der Waals surface area contributed by atoms with E-state index in [4.69, 9.17) is 11.6 Å². The van der Waals surface area contributed by atoms with Gasteiger partial charge in [0.2, 0.25) is 5.78 Å². The van der Waals surface area contributed by atoms with Crippen molar-refractivity contribution in [2.45, 2.75) is 33.5 Å². The van der Waals surface area contributed by atoms with E-state index >= 15 is 0 Å². The second-order valence-corrected chi connectivity index (χ2v) is 9.83. The van der Waals surface area contributed by atoms with Crippen LogP contribution in [0, 0.1) is 5.92 Å². The number of hydrogen-bond acceptors (Lipinski definition) is 4. The van der Waals surface area contributed by atoms with Gasteiger partial charge in [-0.3, -0.25) is 9.36 Å². The third-order valence-corrected chi connectivity index (χ3v) is 6.55. The molecule has 0 aliphatic heterocycles. The maximum Gasteiger partial charge on any atom is 0.352 e. The molecule has 2 heterocycles. The van der Waals surface area contributed by atoms with E-state index in [1.165, 1.54) is 4.68 Å². The Balaban J connectivity index is 1.70. The number of aromatic nitrogens is 4. The quantitative estimate of drug-likeness (QED) is 0.344. The van der Waals surface area contributed by atoms with E-state index < -0.39 is 0 Å². The first-order chi connectivity index (χ1) is 17.4. The standard InChI is InChI=1S/C28H28ClN5O2/c1-19(2)15-30-16-21-12-13-23-25(14-21)34-27(32(26(23)35)17-20-8-4-3-5-9-20)31-33(28(34)36)18-22-10-6-7-11-24(22)29/h3-14,19,30H,15-18H2,1-2H3. The van der Waals surface area contributed by atoms with Crippen molar-refractivity contribution in [3.63, 3.8) is 0 Å². The zero-order valence-corrected chi connectivity index (χ0v) is 21.1. The van der Waals surface area contributed by atoms with Gasteiger partial charge in [-0.1, -0.05) is 80.0 Å². The van der Waals surface area contributed by atoms with Crippen molar-refractivity contribution in [2.24, 2.45) is 5.92 Å². The van der Waals surface area contributed by atoms with Crippen molar-refractivity contribution >= 4 is 28.3 Å². The molecule has 8 heteroatoms. The van der Waals surface area contributed by atoms with Gasteiger partial charge in [0.15, 0.2) is 0 Å². The van der Waals surface area contributed by atoms with E-state index in [1.54, 1.807) is 15.0 Å². The summed E-state index contributed by atoms with van der Waals surface area (Å²) >= 11 is 6.36. The lowest BCUT2D eigenvalue weighted by Gasteiger charge is -2.12. The first-order valence-corrected chi connectivity index (χ1v) is 12.4. The summed E-state index contributed by atoms with van der Waals surface area (Å²) in [5, 5.41) is 9.09. The van der Waals surface area contributed by atoms with E-state index in [0.717, 1.165) is 23.2 Å². The van der Waals surface area contributed by atoms with Gasteiger partial charge in [0.25, 0.3) is 5.56 Å². The molecular formula is C28H28ClN5O2. The smallest absolute Gasteiger partial charge is 0.312 e. The molecule has 0 saturated heterocycles. The Bertz CT molecular complexity index is 1650. The molecule has 0 bridgehead atoms. The van der Waals surface area contributed by atoms with Gasteiger partial charge < -0.3 is 5.32 Å². The monoisotopic (exact) mass is 501 g/mol. The first kappa shape index (κ1) is 24.0. The van der Waals surface area contributed by atoms with E-state index in [0.29, 0.717) is 40.7 Å². The van der Waals surface area contributed by atoms with Crippen LogP contribution in [-0.2, 0) is 19.6 Å². The molecule has 3 aromatic carbocycles. The summed E-state index contributed by atoms with van der Waals surface area (Å²) in [6.07, 6.45) is 0. The molecule has 1 N–H and O–H groups in total. The summed E-state index contributed by atoms with van der Waals surface area (Å²) in [5.41, 5.74) is 2.78. The maximum absolute atomic E-state index is 13.7. The molecule has 2 aromatic heterocycles. The molecule has 0 spiro atoms. The second-order valence-electron chi connectivity index (χ2n) is 9.42. The summed E-state index contributed by atoms with van der Waals surface area (Å²) in [6, 6.07) is 22.7. The lowest BCUT2D eigenvalue weighted by Crippen LogP contribution is -2.27. The highest BCUT2D eigenvalue weighted by atomic mass is 35.5. The van der Waals surface area contributed by atoms with E-state index in [9.17, 15) is 9.59 Å². The van der Waals surface area contributed by atoms with Gasteiger partial charge in [0, 0.05) is 11.6 Å². The van der Waals surface area contributed by atoms with Gasteiger partial charge in [-0.2, -0.15) is 0 Å². The Morgan fingerprint density at radius 3 is 2.42 bits per heavy atom. The van der Waals surface area contributed by atoms with Crippen molar-refractivity contribution in [3.05, 3.63) is 115 Å². The van der Waals surface area contributed by atoms with Crippen LogP contribution in [0.1, 0.15) is 30.5 Å². The highest BCUT2D eigenvalue weighted by Crippen LogP contribution is 2.18. The van der Waals surface area contributed by atoms with Crippen LogP contribution in [0.15, 0.2) is 82.4 Å². The molecule has 0 unspecified atom stereocenters. The van der Waals surface area contributed by atoms with E-state index in [1.807, 2.05) is 66.7 Å². The summed E-state index contributed by atoms with van der Waals surface area (Å²) in [5.74, 6) is 0.828. The Morgan fingerprint density at radius 1 is 0.917 bits per heavy atom. The predicted octanol–water partition coefficient (Wildman–Crippen LogP) is 4.31. The van der Waals surface area contributed by atoms with Gasteiger partial charge >= 0.3 is 5.69 Å². The van der Waals surface area contributed by atoms with Gasteiger partial charge in [-0.25, -0.2) is 13.9 Å². The highest BCUT2D eigenvalue weighted by Gasteiger charge is 2.19. The lowest BCUT2D eigenvalue weighted by molar-refractivity contribution is 0.552. The Hall–Kier alpha value is -3.68. The molecule has 0 aliphatic carbocycles. The minimum absolute atomic E-state index is 0.182. The number of hydrogen-bond donors (Lipinski definition) is 1. The van der Waals surface area contributed by atoms with Crippen molar-refractivity contribution < 1.29 is 0 Å². The Labute approximate surface area is 213 Å². The Kier molecular flexibility index (Phi) is 6.76. The number of benzene rings is 3. The van der Waals surface area contributed by atoms with Crippen molar-refractivity contribution in [2.75, 3.05) is 6.54 Å². The zero-order valence-electron chi connectivity index (χ0n) is 20.3. The summed E-state index contributed by atoms with van der Waals surface area (Å²) in [6.45, 7) is 6.33. The maximum atomic E-state index is 13.7. The average molecular weight is 502 g/mol. The number of halogens is 1. The molecule has 0 amide bonds. The summed E-state index contributed by atoms with van der Waals surface area (Å²) < 4.78 is 4.49. The van der Waals surface area contributed by atoms with Crippen LogP contribution < -0.4 is 16.6 Å². The van der Waals surface area contributed by atoms with Crippen LogP contribution in [0.4, 0.5) is 0 Å². The molecule has 0 atom stereocenters. The van der Waals surface area contributed by atoms with Crippen molar-refractivity contribution in [3.8, 4) is 0 Å². The van der Waals surface area contributed by atoms with Crippen molar-refractivity contribution in [1.82, 2.24) is 24.1 Å². The second kappa shape index (κ2) is 10.1. The molecule has 5 rings (SSSR count). The average Bonchev–Trinajstić information content (AvgIpc) is 3.19. The molecule has 0 radical (unpaired) electrons. The van der Waals surface area contributed by atoms with Crippen LogP contribution in [0.2, 0.25) is 5.02 Å². The normalized spacial score (nSPS) is 11.7. The minimum Gasteiger partial charge on any atom is -0.312 e. The van der Waals surface area contributed by atoms with Crippen LogP contribution in [-0.4, -0.2) is 25.3 Å². The fourth-order valence-electron chi connectivity index (χ4n) is 4.38. The molecule has 0 fully saturated rings. The minimum atomic E-state index is -0.316. The molecule has 5 aromatic rings. The summed E-state index contributed by atoms with van der Waals surface area (Å²) in [7, 11) is 0. The van der Waals surface area contributed by atoms with Gasteiger partial charge in [0.05, 0.1) is 24.0 Å². The molecule has 0 aliphatic rings. The van der Waals surface area contributed by atoms with E-state index in [-0.39, 0.29) is 17.8 Å². The van der Waals surface area contributed by atoms with Gasteiger partial charge in [0.1, 0.15) is 0 Å². The number of nitrogens with zero attached hydrogens (tertiary/aromatic N) is 4. The van der Waals surface area contributed by atoms with Crippen LogP contribution in [0.3, 0.4) is 0 Å². The molecule has 184 valence electrons. The fraction of sp³-hybridized carbons (Fsp3) is 0.250. The van der Waals surface area contributed by atoms with Crippen molar-refractivity contribution in [1.29, 1.82) is 0 Å². The lowest BCUT2D eigenvalue weighted by atomic mass is 10.1. The first-order valence-electron chi connectivity index (χ1n) is 12.1. The molecule has 36 heavy (non-hydrogen) atoms. The molecular weight excluding hydrogens is 474 g/mol. The SMILES string of the molecule is CC(C)CNCc1ccc2c(=O)n(Cc3ccccc3)c3nn(Cc4ccccc4Cl)c(=O)n3c2c1. The van der Waals surface area contributed by atoms with E-state index in [2.05, 4.69) is 24.3 Å². The highest BCUT2D eigenvalue weighted by molar-refractivity contribution is 6.31. The molecule has 0 saturated carbocycles. The third-order valence-electron chi connectivity index (χ3n) is 6.19. The van der Waals surface area contributed by atoms with Crippen LogP contribution >= 0.6 is 11.6 Å². The predicted molar refractivity (Wildman–Crippen MR) is 144 cm³/mol. The number of fused-ring (bicyclic) bond motifs is 3. The largest absolute Gasteiger partial charge is 0.352 e. The summed E-state index contributed by atoms with van der Waals surface area (Å²) in [4.78, 5) is 27.3. The zero-order chi connectivity index (χ0) is 25.2. The van der Waals surface area contributed by atoms with Gasteiger partial charge in [-0.05, 0) is 47.4 Å². The molecule has 7 nitrogen and oxygen atoms in total. The fourth-order valence-corrected chi connectivity index (χ4v) is 4.57. The Morgan fingerprint density at radius 2 is 1.67 bits per heavy atom. The van der Waals surface area contributed by atoms with Crippen LogP contribution in [0.25, 0.3) is 16.7 Å². The van der Waals surface area contributed by atoms with Crippen LogP contribution in [0.5, 0.6) is 0 Å². The van der Waals surface area contributed by atoms with Gasteiger partial charge in [-0.15, -0.1) is 5.10 Å². The number of nitrogens with one attached hydrogen (secondary N) is 1. The number of rotatable bonds is 8. The topological polar surface area (TPSA) is 73.3 Å². The third kappa shape index (κ3) is 4.72.